The third kappa shape index (κ3) is 3.35. The Labute approximate surface area is 111 Å². The molecule has 3 atom stereocenters. The average Bonchev–Trinajstić information content (AvgIpc) is 2.75. The SMILES string of the molecule is CCn1cc(C(C)NC2CC(C)CC(C)C2)cn1. The molecule has 0 spiro atoms. The number of aromatic nitrogens is 2. The summed E-state index contributed by atoms with van der Waals surface area (Å²) in [5.74, 6) is 1.72. The molecule has 3 unspecified atom stereocenters. The van der Waals surface area contributed by atoms with E-state index in [0.29, 0.717) is 12.1 Å². The first-order chi connectivity index (χ1) is 8.58. The van der Waals surface area contributed by atoms with Crippen LogP contribution in [0.25, 0.3) is 0 Å². The third-order valence-corrected chi connectivity index (χ3v) is 4.14. The lowest BCUT2D eigenvalue weighted by Crippen LogP contribution is -2.37. The Hall–Kier alpha value is -0.830. The van der Waals surface area contributed by atoms with Gasteiger partial charge in [-0.15, -0.1) is 0 Å². The van der Waals surface area contributed by atoms with E-state index in [1.54, 1.807) is 0 Å². The molecule has 3 heteroatoms. The van der Waals surface area contributed by atoms with Crippen LogP contribution in [-0.2, 0) is 6.54 Å². The Morgan fingerprint density at radius 3 is 2.56 bits per heavy atom. The first-order valence-corrected chi connectivity index (χ1v) is 7.36. The summed E-state index contributed by atoms with van der Waals surface area (Å²) in [6, 6.07) is 1.08. The molecule has 1 aliphatic rings. The van der Waals surface area contributed by atoms with Gasteiger partial charge in [0, 0.05) is 30.4 Å². The summed E-state index contributed by atoms with van der Waals surface area (Å²) in [5, 5.41) is 8.14. The first kappa shape index (κ1) is 13.6. The van der Waals surface area contributed by atoms with Gasteiger partial charge in [-0.25, -0.2) is 0 Å². The van der Waals surface area contributed by atoms with Gasteiger partial charge in [-0.05, 0) is 44.9 Å². The van der Waals surface area contributed by atoms with Crippen LogP contribution in [0.3, 0.4) is 0 Å². The zero-order chi connectivity index (χ0) is 13.1. The van der Waals surface area contributed by atoms with E-state index in [0.717, 1.165) is 18.4 Å². The van der Waals surface area contributed by atoms with Crippen molar-refractivity contribution in [1.82, 2.24) is 15.1 Å². The molecule has 0 saturated heterocycles. The van der Waals surface area contributed by atoms with Crippen LogP contribution in [0.4, 0.5) is 0 Å². The summed E-state index contributed by atoms with van der Waals surface area (Å²) < 4.78 is 2.00. The van der Waals surface area contributed by atoms with E-state index in [1.807, 2.05) is 10.9 Å². The van der Waals surface area contributed by atoms with Crippen molar-refractivity contribution >= 4 is 0 Å². The van der Waals surface area contributed by atoms with Gasteiger partial charge < -0.3 is 5.32 Å². The Kier molecular flexibility index (Phi) is 4.44. The monoisotopic (exact) mass is 249 g/mol. The summed E-state index contributed by atoms with van der Waals surface area (Å²) in [5.41, 5.74) is 1.31. The van der Waals surface area contributed by atoms with E-state index < -0.39 is 0 Å². The van der Waals surface area contributed by atoms with E-state index in [4.69, 9.17) is 0 Å². The van der Waals surface area contributed by atoms with Gasteiger partial charge >= 0.3 is 0 Å². The van der Waals surface area contributed by atoms with Crippen molar-refractivity contribution in [1.29, 1.82) is 0 Å². The largest absolute Gasteiger partial charge is 0.307 e. The van der Waals surface area contributed by atoms with Crippen LogP contribution >= 0.6 is 0 Å². The van der Waals surface area contributed by atoms with Gasteiger partial charge in [0.1, 0.15) is 0 Å². The second-order valence-electron chi connectivity index (χ2n) is 6.13. The number of aryl methyl sites for hydroxylation is 1. The molecule has 1 aromatic heterocycles. The maximum Gasteiger partial charge on any atom is 0.0537 e. The molecular formula is C15H27N3. The molecule has 0 bridgehead atoms. The Morgan fingerprint density at radius 2 is 2.00 bits per heavy atom. The lowest BCUT2D eigenvalue weighted by Gasteiger charge is -2.33. The second kappa shape index (κ2) is 5.87. The van der Waals surface area contributed by atoms with Gasteiger partial charge in [0.2, 0.25) is 0 Å². The molecule has 1 saturated carbocycles. The molecule has 3 nitrogen and oxygen atoms in total. The lowest BCUT2D eigenvalue weighted by atomic mass is 9.80. The van der Waals surface area contributed by atoms with Gasteiger partial charge in [0.25, 0.3) is 0 Å². The van der Waals surface area contributed by atoms with Gasteiger partial charge in [0.05, 0.1) is 6.20 Å². The number of nitrogens with one attached hydrogen (secondary N) is 1. The minimum atomic E-state index is 0.410. The molecule has 1 heterocycles. The van der Waals surface area contributed by atoms with Crippen molar-refractivity contribution in [2.75, 3.05) is 0 Å². The molecule has 18 heavy (non-hydrogen) atoms. The fourth-order valence-electron chi connectivity index (χ4n) is 3.31. The molecule has 1 aromatic rings. The number of rotatable bonds is 4. The van der Waals surface area contributed by atoms with Gasteiger partial charge in [-0.2, -0.15) is 5.10 Å². The maximum absolute atomic E-state index is 4.36. The van der Waals surface area contributed by atoms with Crippen LogP contribution in [-0.4, -0.2) is 15.8 Å². The molecule has 2 rings (SSSR count). The predicted octanol–water partition coefficient (Wildman–Crippen LogP) is 3.38. The standard InChI is InChI=1S/C15H27N3/c1-5-18-10-14(9-16-18)13(4)17-15-7-11(2)6-12(3)8-15/h9-13,15,17H,5-8H2,1-4H3. The van der Waals surface area contributed by atoms with Crippen LogP contribution in [0.15, 0.2) is 12.4 Å². The number of hydrogen-bond acceptors (Lipinski definition) is 2. The highest BCUT2D eigenvalue weighted by Crippen LogP contribution is 2.29. The van der Waals surface area contributed by atoms with Crippen molar-refractivity contribution < 1.29 is 0 Å². The van der Waals surface area contributed by atoms with Crippen molar-refractivity contribution in [2.45, 2.75) is 65.6 Å². The van der Waals surface area contributed by atoms with Crippen LogP contribution in [0.5, 0.6) is 0 Å². The van der Waals surface area contributed by atoms with E-state index in [-0.39, 0.29) is 0 Å². The molecule has 0 radical (unpaired) electrons. The minimum absolute atomic E-state index is 0.410. The molecule has 1 N–H and O–H groups in total. The van der Waals surface area contributed by atoms with Crippen molar-refractivity contribution in [2.24, 2.45) is 11.8 Å². The van der Waals surface area contributed by atoms with Crippen LogP contribution < -0.4 is 5.32 Å². The first-order valence-electron chi connectivity index (χ1n) is 7.36. The summed E-state index contributed by atoms with van der Waals surface area (Å²) in [6.07, 6.45) is 8.18. The third-order valence-electron chi connectivity index (χ3n) is 4.14. The van der Waals surface area contributed by atoms with Crippen LogP contribution in [0.2, 0.25) is 0 Å². The van der Waals surface area contributed by atoms with Gasteiger partial charge in [0.15, 0.2) is 0 Å². The predicted molar refractivity (Wildman–Crippen MR) is 75.4 cm³/mol. The second-order valence-corrected chi connectivity index (χ2v) is 6.13. The molecule has 0 amide bonds. The zero-order valence-corrected chi connectivity index (χ0v) is 12.2. The highest BCUT2D eigenvalue weighted by atomic mass is 15.3. The highest BCUT2D eigenvalue weighted by Gasteiger charge is 2.25. The molecule has 0 aromatic carbocycles. The van der Waals surface area contributed by atoms with Crippen LogP contribution in [0, 0.1) is 11.8 Å². The fraction of sp³-hybridized carbons (Fsp3) is 0.800. The smallest absolute Gasteiger partial charge is 0.0537 e. The molecular weight excluding hydrogens is 222 g/mol. The zero-order valence-electron chi connectivity index (χ0n) is 12.2. The number of hydrogen-bond donors (Lipinski definition) is 1. The normalized spacial score (nSPS) is 30.3. The Balaban J connectivity index is 1.92. The van der Waals surface area contributed by atoms with Crippen molar-refractivity contribution in [3.05, 3.63) is 18.0 Å². The molecule has 0 aliphatic heterocycles. The quantitative estimate of drug-likeness (QED) is 0.886. The van der Waals surface area contributed by atoms with Gasteiger partial charge in [-0.3, -0.25) is 4.68 Å². The Bertz CT molecular complexity index is 362. The maximum atomic E-state index is 4.36. The fourth-order valence-corrected chi connectivity index (χ4v) is 3.31. The minimum Gasteiger partial charge on any atom is -0.307 e. The Morgan fingerprint density at radius 1 is 1.33 bits per heavy atom. The number of nitrogens with zero attached hydrogens (tertiary/aromatic N) is 2. The molecule has 102 valence electrons. The molecule has 1 fully saturated rings. The summed E-state index contributed by atoms with van der Waals surface area (Å²) in [7, 11) is 0. The topological polar surface area (TPSA) is 29.9 Å². The summed E-state index contributed by atoms with van der Waals surface area (Å²) in [4.78, 5) is 0. The lowest BCUT2D eigenvalue weighted by molar-refractivity contribution is 0.228. The average molecular weight is 249 g/mol. The van der Waals surface area contributed by atoms with E-state index >= 15 is 0 Å². The van der Waals surface area contributed by atoms with Crippen molar-refractivity contribution in [3.63, 3.8) is 0 Å². The van der Waals surface area contributed by atoms with E-state index in [9.17, 15) is 0 Å². The highest BCUT2D eigenvalue weighted by molar-refractivity contribution is 5.09. The van der Waals surface area contributed by atoms with E-state index in [1.165, 1.54) is 24.8 Å². The van der Waals surface area contributed by atoms with Gasteiger partial charge in [-0.1, -0.05) is 13.8 Å². The van der Waals surface area contributed by atoms with Crippen LogP contribution in [0.1, 0.15) is 58.6 Å². The van der Waals surface area contributed by atoms with E-state index in [2.05, 4.69) is 44.3 Å². The van der Waals surface area contributed by atoms with Crippen molar-refractivity contribution in [3.8, 4) is 0 Å². The summed E-state index contributed by atoms with van der Waals surface area (Å²) >= 11 is 0. The summed E-state index contributed by atoms with van der Waals surface area (Å²) in [6.45, 7) is 10.1. The molecule has 1 aliphatic carbocycles.